The van der Waals surface area contributed by atoms with Crippen molar-refractivity contribution in [3.8, 4) is 5.88 Å². The van der Waals surface area contributed by atoms with E-state index in [2.05, 4.69) is 14.4 Å². The van der Waals surface area contributed by atoms with Crippen molar-refractivity contribution in [3.63, 3.8) is 0 Å². The first-order valence-corrected chi connectivity index (χ1v) is 7.47. The van der Waals surface area contributed by atoms with Gasteiger partial charge in [-0.15, -0.1) is 0 Å². The number of ether oxygens (including phenoxy) is 1. The average Bonchev–Trinajstić information content (AvgIpc) is 2.34. The number of halogens is 3. The van der Waals surface area contributed by atoms with Crippen LogP contribution in [0.5, 0.6) is 5.88 Å². The van der Waals surface area contributed by atoms with E-state index in [0.717, 1.165) is 0 Å². The van der Waals surface area contributed by atoms with Gasteiger partial charge in [-0.3, -0.25) is 0 Å². The summed E-state index contributed by atoms with van der Waals surface area (Å²) in [5.74, 6) is -0.111. The van der Waals surface area contributed by atoms with Gasteiger partial charge < -0.3 is 4.74 Å². The molecule has 1 aromatic rings. The van der Waals surface area contributed by atoms with Crippen LogP contribution in [0.2, 0.25) is 0 Å². The van der Waals surface area contributed by atoms with Gasteiger partial charge >= 0.3 is 6.18 Å². The topological polar surface area (TPSA) is 51.2 Å². The number of rotatable bonds is 5. The third-order valence-corrected chi connectivity index (χ3v) is 4.16. The van der Waals surface area contributed by atoms with Crippen LogP contribution in [-0.2, 0) is 11.0 Å². The van der Waals surface area contributed by atoms with Crippen LogP contribution in [-0.4, -0.2) is 26.7 Å². The first-order chi connectivity index (χ1) is 9.49. The second-order valence-corrected chi connectivity index (χ2v) is 7.55. The van der Waals surface area contributed by atoms with Crippen LogP contribution in [0.4, 0.5) is 13.2 Å². The number of nitrogens with zero attached hydrogens (tertiary/aromatic N) is 1. The van der Waals surface area contributed by atoms with Crippen molar-refractivity contribution in [2.45, 2.75) is 44.7 Å². The van der Waals surface area contributed by atoms with Gasteiger partial charge in [0.25, 0.3) is 0 Å². The summed E-state index contributed by atoms with van der Waals surface area (Å²) in [6.45, 7) is 5.86. The van der Waals surface area contributed by atoms with Crippen molar-refractivity contribution in [2.75, 3.05) is 6.61 Å². The maximum Gasteiger partial charge on any atom is 0.422 e. The molecule has 0 saturated heterocycles. The molecule has 0 bridgehead atoms. The lowest BCUT2D eigenvalue weighted by molar-refractivity contribution is -0.154. The average molecular weight is 324 g/mol. The number of nitrogens with one attached hydrogen (secondary N) is 1. The van der Waals surface area contributed by atoms with E-state index in [9.17, 15) is 17.4 Å². The minimum Gasteiger partial charge on any atom is -0.468 e. The summed E-state index contributed by atoms with van der Waals surface area (Å²) in [6.07, 6.45) is -3.05. The Bertz CT molecular complexity index is 501. The van der Waals surface area contributed by atoms with Crippen LogP contribution in [0.25, 0.3) is 0 Å². The van der Waals surface area contributed by atoms with Gasteiger partial charge in [0, 0.05) is 18.3 Å². The molecule has 1 aromatic heterocycles. The van der Waals surface area contributed by atoms with Crippen LogP contribution in [0.3, 0.4) is 0 Å². The predicted octanol–water partition coefficient (Wildman–Crippen LogP) is 3.14. The number of alkyl halides is 3. The third-order valence-electron chi connectivity index (χ3n) is 2.48. The van der Waals surface area contributed by atoms with Gasteiger partial charge in [-0.2, -0.15) is 13.2 Å². The Hall–Kier alpha value is -1.15. The minimum absolute atomic E-state index is 0.111. The van der Waals surface area contributed by atoms with Gasteiger partial charge in [0.1, 0.15) is 0 Å². The fourth-order valence-corrected chi connectivity index (χ4v) is 2.14. The molecular weight excluding hydrogens is 305 g/mol. The molecule has 2 atom stereocenters. The van der Waals surface area contributed by atoms with Crippen molar-refractivity contribution in [1.82, 2.24) is 9.71 Å². The normalized spacial score (nSPS) is 15.6. The Morgan fingerprint density at radius 3 is 2.52 bits per heavy atom. The standard InChI is InChI=1S/C13H19F3N2O2S/c1-9(18-21(19)12(2,3)4)10-5-6-17-11(7-10)20-8-13(14,15)16/h5-7,9,18H,8H2,1-4H3. The number of hydrogen-bond acceptors (Lipinski definition) is 3. The van der Waals surface area contributed by atoms with Crippen LogP contribution >= 0.6 is 0 Å². The summed E-state index contributed by atoms with van der Waals surface area (Å²) in [7, 11) is -1.28. The van der Waals surface area contributed by atoms with Crippen molar-refractivity contribution in [3.05, 3.63) is 23.9 Å². The van der Waals surface area contributed by atoms with E-state index in [-0.39, 0.29) is 11.9 Å². The van der Waals surface area contributed by atoms with Crippen molar-refractivity contribution in [1.29, 1.82) is 0 Å². The molecule has 1 N–H and O–H groups in total. The highest BCUT2D eigenvalue weighted by atomic mass is 32.2. The van der Waals surface area contributed by atoms with Crippen LogP contribution < -0.4 is 9.46 Å². The summed E-state index contributed by atoms with van der Waals surface area (Å²) in [5, 5.41) is 0. The van der Waals surface area contributed by atoms with Crippen molar-refractivity contribution < 1.29 is 22.1 Å². The predicted molar refractivity (Wildman–Crippen MR) is 75.2 cm³/mol. The van der Waals surface area contributed by atoms with E-state index in [0.29, 0.717) is 5.56 Å². The molecule has 21 heavy (non-hydrogen) atoms. The molecule has 0 aliphatic heterocycles. The number of aromatic nitrogens is 1. The molecule has 0 saturated carbocycles. The van der Waals surface area contributed by atoms with Gasteiger partial charge in [0.05, 0.1) is 15.7 Å². The maximum absolute atomic E-state index is 12.1. The van der Waals surface area contributed by atoms with Crippen molar-refractivity contribution in [2.24, 2.45) is 0 Å². The first kappa shape index (κ1) is 17.9. The Labute approximate surface area is 124 Å². The van der Waals surface area contributed by atoms with E-state index < -0.39 is 28.5 Å². The summed E-state index contributed by atoms with van der Waals surface area (Å²) in [5.41, 5.74) is 0.653. The third kappa shape index (κ3) is 6.43. The molecule has 0 radical (unpaired) electrons. The molecule has 8 heteroatoms. The molecule has 0 amide bonds. The highest BCUT2D eigenvalue weighted by Crippen LogP contribution is 2.21. The molecule has 1 heterocycles. The Balaban J connectivity index is 2.73. The lowest BCUT2D eigenvalue weighted by Gasteiger charge is -2.22. The Kier molecular flexibility index (Phi) is 5.75. The number of pyridine rings is 1. The molecule has 120 valence electrons. The van der Waals surface area contributed by atoms with Crippen LogP contribution in [0.1, 0.15) is 39.3 Å². The molecular formula is C13H19F3N2O2S. The minimum atomic E-state index is -4.41. The van der Waals surface area contributed by atoms with Gasteiger partial charge in [0.2, 0.25) is 5.88 Å². The maximum atomic E-state index is 12.1. The largest absolute Gasteiger partial charge is 0.468 e. The van der Waals surface area contributed by atoms with Crippen LogP contribution in [0, 0.1) is 0 Å². The fraction of sp³-hybridized carbons (Fsp3) is 0.615. The zero-order chi connectivity index (χ0) is 16.3. The molecule has 0 aliphatic rings. The van der Waals surface area contributed by atoms with Crippen molar-refractivity contribution >= 4 is 11.0 Å². The van der Waals surface area contributed by atoms with E-state index in [4.69, 9.17) is 0 Å². The monoisotopic (exact) mass is 324 g/mol. The summed E-state index contributed by atoms with van der Waals surface area (Å²) >= 11 is 0. The molecule has 0 fully saturated rings. The van der Waals surface area contributed by atoms with Gasteiger partial charge in [0.15, 0.2) is 6.61 Å². The smallest absolute Gasteiger partial charge is 0.422 e. The summed E-state index contributed by atoms with van der Waals surface area (Å²) in [4.78, 5) is 3.73. The summed E-state index contributed by atoms with van der Waals surface area (Å²) in [6, 6.07) is 2.74. The molecule has 4 nitrogen and oxygen atoms in total. The highest BCUT2D eigenvalue weighted by Gasteiger charge is 2.28. The molecule has 0 aliphatic carbocycles. The summed E-state index contributed by atoms with van der Waals surface area (Å²) < 4.78 is 55.4. The van der Waals surface area contributed by atoms with Gasteiger partial charge in [-0.25, -0.2) is 13.9 Å². The first-order valence-electron chi connectivity index (χ1n) is 6.32. The molecule has 0 spiro atoms. The lowest BCUT2D eigenvalue weighted by Crippen LogP contribution is -2.34. The highest BCUT2D eigenvalue weighted by molar-refractivity contribution is 7.84. The van der Waals surface area contributed by atoms with E-state index in [1.807, 2.05) is 20.8 Å². The Morgan fingerprint density at radius 2 is 2.00 bits per heavy atom. The fourth-order valence-electron chi connectivity index (χ4n) is 1.33. The van der Waals surface area contributed by atoms with Crippen LogP contribution in [0.15, 0.2) is 18.3 Å². The van der Waals surface area contributed by atoms with Gasteiger partial charge in [-0.05, 0) is 39.3 Å². The molecule has 0 aromatic carbocycles. The van der Waals surface area contributed by atoms with E-state index >= 15 is 0 Å². The number of hydrogen-bond donors (Lipinski definition) is 1. The van der Waals surface area contributed by atoms with E-state index in [1.165, 1.54) is 12.3 Å². The zero-order valence-electron chi connectivity index (χ0n) is 12.3. The SMILES string of the molecule is CC(NS(=O)C(C)(C)C)c1ccnc(OCC(F)(F)F)c1. The second-order valence-electron chi connectivity index (χ2n) is 5.55. The van der Waals surface area contributed by atoms with E-state index in [1.54, 1.807) is 13.0 Å². The second kappa shape index (κ2) is 6.74. The quantitative estimate of drug-likeness (QED) is 0.905. The lowest BCUT2D eigenvalue weighted by atomic mass is 10.1. The van der Waals surface area contributed by atoms with Gasteiger partial charge in [-0.1, -0.05) is 0 Å². The zero-order valence-corrected chi connectivity index (χ0v) is 13.1. The molecule has 2 unspecified atom stereocenters. The Morgan fingerprint density at radius 1 is 1.38 bits per heavy atom. The molecule has 1 rings (SSSR count).